The van der Waals surface area contributed by atoms with Crippen LogP contribution in [-0.4, -0.2) is 4.98 Å². The molecule has 1 heteroatoms. The molecule has 0 spiro atoms. The predicted octanol–water partition coefficient (Wildman–Crippen LogP) is 10.7. The van der Waals surface area contributed by atoms with Crippen LogP contribution >= 0.6 is 0 Å². The molecule has 1 heterocycles. The molecule has 0 saturated carbocycles. The Morgan fingerprint density at radius 2 is 0.950 bits per heavy atom. The van der Waals surface area contributed by atoms with Crippen molar-refractivity contribution >= 4 is 43.1 Å². The van der Waals surface area contributed by atoms with Crippen molar-refractivity contribution in [2.75, 3.05) is 0 Å². The largest absolute Gasteiger partial charge is 0.264 e. The zero-order valence-corrected chi connectivity index (χ0v) is 21.9. The second-order valence-corrected chi connectivity index (χ2v) is 10.4. The van der Waals surface area contributed by atoms with Crippen molar-refractivity contribution in [2.45, 2.75) is 0 Å². The molecule has 0 aliphatic heterocycles. The summed E-state index contributed by atoms with van der Waals surface area (Å²) in [4.78, 5) is 4.64. The van der Waals surface area contributed by atoms with Gasteiger partial charge in [-0.25, -0.2) is 0 Å². The van der Waals surface area contributed by atoms with Gasteiger partial charge in [-0.3, -0.25) is 4.98 Å². The monoisotopic (exact) mass is 507 g/mol. The minimum absolute atomic E-state index is 1.17. The third-order valence-corrected chi connectivity index (χ3v) is 8.14. The molecule has 7 aromatic carbocycles. The van der Waals surface area contributed by atoms with E-state index in [0.717, 1.165) is 0 Å². The summed E-state index contributed by atoms with van der Waals surface area (Å²) >= 11 is 0. The van der Waals surface area contributed by atoms with Gasteiger partial charge in [-0.2, -0.15) is 0 Å². The second kappa shape index (κ2) is 9.18. The number of hydrogen-bond donors (Lipinski definition) is 0. The normalized spacial score (nSPS) is 11.5. The van der Waals surface area contributed by atoms with Crippen molar-refractivity contribution in [2.24, 2.45) is 0 Å². The molecule has 8 aromatic rings. The molecule has 0 aliphatic rings. The van der Waals surface area contributed by atoms with Crippen LogP contribution in [0, 0.1) is 0 Å². The molecule has 0 N–H and O–H groups in total. The van der Waals surface area contributed by atoms with Gasteiger partial charge in [0.2, 0.25) is 0 Å². The fourth-order valence-corrected chi connectivity index (χ4v) is 6.35. The number of aromatic nitrogens is 1. The highest BCUT2D eigenvalue weighted by molar-refractivity contribution is 6.24. The van der Waals surface area contributed by atoms with E-state index in [9.17, 15) is 0 Å². The van der Waals surface area contributed by atoms with Crippen molar-refractivity contribution in [1.82, 2.24) is 4.98 Å². The first-order valence-corrected chi connectivity index (χ1v) is 13.7. The average molecular weight is 508 g/mol. The highest BCUT2D eigenvalue weighted by atomic mass is 14.6. The number of rotatable bonds is 3. The van der Waals surface area contributed by atoms with Gasteiger partial charge < -0.3 is 0 Å². The van der Waals surface area contributed by atoms with Crippen molar-refractivity contribution in [3.63, 3.8) is 0 Å². The SMILES string of the molecule is c1ccc(-c2ccc(-c3c4ccccc4c(-c4ccc5ccccc5c4)c4ccncc34)c3ccccc23)cc1. The topological polar surface area (TPSA) is 12.9 Å². The van der Waals surface area contributed by atoms with E-state index < -0.39 is 0 Å². The first kappa shape index (κ1) is 22.7. The summed E-state index contributed by atoms with van der Waals surface area (Å²) in [6, 6.07) is 50.4. The lowest BCUT2D eigenvalue weighted by Gasteiger charge is -2.19. The molecule has 0 bridgehead atoms. The van der Waals surface area contributed by atoms with E-state index >= 15 is 0 Å². The summed E-state index contributed by atoms with van der Waals surface area (Å²) in [6.07, 6.45) is 3.96. The molecule has 0 radical (unpaired) electrons. The first-order chi connectivity index (χ1) is 19.9. The van der Waals surface area contributed by atoms with Crippen LogP contribution in [0.5, 0.6) is 0 Å². The Morgan fingerprint density at radius 1 is 0.350 bits per heavy atom. The molecular formula is C39H25N. The maximum Gasteiger partial charge on any atom is 0.0353 e. The van der Waals surface area contributed by atoms with E-state index in [0.29, 0.717) is 0 Å². The molecule has 1 aromatic heterocycles. The van der Waals surface area contributed by atoms with E-state index in [2.05, 4.69) is 145 Å². The van der Waals surface area contributed by atoms with Gasteiger partial charge in [0.1, 0.15) is 0 Å². The highest BCUT2D eigenvalue weighted by Crippen LogP contribution is 2.46. The number of pyridine rings is 1. The minimum Gasteiger partial charge on any atom is -0.264 e. The van der Waals surface area contributed by atoms with Gasteiger partial charge in [-0.05, 0) is 83.2 Å². The predicted molar refractivity (Wildman–Crippen MR) is 171 cm³/mol. The van der Waals surface area contributed by atoms with Crippen molar-refractivity contribution in [3.05, 3.63) is 152 Å². The standard InChI is InChI=1S/C39H25N/c1-2-11-27(12-3-1)30-20-21-35(32-15-7-6-14-31(30)32)39-34-17-9-8-16-33(34)38(36-22-23-40-25-37(36)39)29-19-18-26-10-4-5-13-28(26)24-29/h1-25H. The average Bonchev–Trinajstić information content (AvgIpc) is 3.03. The highest BCUT2D eigenvalue weighted by Gasteiger charge is 2.19. The summed E-state index contributed by atoms with van der Waals surface area (Å²) in [7, 11) is 0. The number of nitrogens with zero attached hydrogens (tertiary/aromatic N) is 1. The van der Waals surface area contributed by atoms with E-state index in [1.807, 2.05) is 12.4 Å². The molecule has 1 nitrogen and oxygen atoms in total. The van der Waals surface area contributed by atoms with Gasteiger partial charge in [0.05, 0.1) is 0 Å². The van der Waals surface area contributed by atoms with E-state index in [1.54, 1.807) is 0 Å². The third-order valence-electron chi connectivity index (χ3n) is 8.14. The molecule has 40 heavy (non-hydrogen) atoms. The molecule has 8 rings (SSSR count). The summed E-state index contributed by atoms with van der Waals surface area (Å²) in [5.74, 6) is 0. The molecule has 0 amide bonds. The van der Waals surface area contributed by atoms with Gasteiger partial charge in [-0.15, -0.1) is 0 Å². The molecule has 0 atom stereocenters. The van der Waals surface area contributed by atoms with E-state index in [1.165, 1.54) is 76.5 Å². The molecule has 0 saturated heterocycles. The van der Waals surface area contributed by atoms with Crippen LogP contribution in [-0.2, 0) is 0 Å². The second-order valence-electron chi connectivity index (χ2n) is 10.4. The fourth-order valence-electron chi connectivity index (χ4n) is 6.35. The summed E-state index contributed by atoms with van der Waals surface area (Å²) in [5.41, 5.74) is 7.43. The lowest BCUT2D eigenvalue weighted by Crippen LogP contribution is -1.93. The zero-order valence-electron chi connectivity index (χ0n) is 21.9. The maximum atomic E-state index is 4.64. The van der Waals surface area contributed by atoms with Crippen molar-refractivity contribution in [1.29, 1.82) is 0 Å². The minimum atomic E-state index is 1.17. The molecule has 0 unspecified atom stereocenters. The Bertz CT molecular complexity index is 2150. The number of benzene rings is 7. The first-order valence-electron chi connectivity index (χ1n) is 13.7. The smallest absolute Gasteiger partial charge is 0.0353 e. The van der Waals surface area contributed by atoms with Crippen LogP contribution in [0.25, 0.3) is 76.5 Å². The zero-order chi connectivity index (χ0) is 26.5. The Morgan fingerprint density at radius 3 is 1.75 bits per heavy atom. The Balaban J connectivity index is 1.48. The molecule has 186 valence electrons. The Kier molecular flexibility index (Phi) is 5.21. The number of fused-ring (bicyclic) bond motifs is 4. The van der Waals surface area contributed by atoms with Gasteiger partial charge in [0.15, 0.2) is 0 Å². The quantitative estimate of drug-likeness (QED) is 0.217. The Hall–Kier alpha value is -5.27. The van der Waals surface area contributed by atoms with E-state index in [4.69, 9.17) is 0 Å². The lowest BCUT2D eigenvalue weighted by molar-refractivity contribution is 1.37. The van der Waals surface area contributed by atoms with Gasteiger partial charge >= 0.3 is 0 Å². The number of hydrogen-bond acceptors (Lipinski definition) is 1. The fraction of sp³-hybridized carbons (Fsp3) is 0. The Labute approximate surface area is 233 Å². The third kappa shape index (κ3) is 3.52. The van der Waals surface area contributed by atoms with Gasteiger partial charge in [0, 0.05) is 17.8 Å². The molecule has 0 aliphatic carbocycles. The van der Waals surface area contributed by atoms with Crippen LogP contribution in [0.2, 0.25) is 0 Å². The van der Waals surface area contributed by atoms with Crippen LogP contribution in [0.15, 0.2) is 152 Å². The lowest BCUT2D eigenvalue weighted by atomic mass is 9.84. The van der Waals surface area contributed by atoms with Crippen molar-refractivity contribution < 1.29 is 0 Å². The summed E-state index contributed by atoms with van der Waals surface area (Å²) in [6.45, 7) is 0. The van der Waals surface area contributed by atoms with Gasteiger partial charge in [0.25, 0.3) is 0 Å². The molecular weight excluding hydrogens is 482 g/mol. The molecule has 0 fully saturated rings. The summed E-state index contributed by atoms with van der Waals surface area (Å²) in [5, 5.41) is 9.88. The van der Waals surface area contributed by atoms with Crippen LogP contribution < -0.4 is 0 Å². The van der Waals surface area contributed by atoms with Crippen LogP contribution in [0.1, 0.15) is 0 Å². The van der Waals surface area contributed by atoms with Crippen LogP contribution in [0.4, 0.5) is 0 Å². The van der Waals surface area contributed by atoms with Gasteiger partial charge in [-0.1, -0.05) is 127 Å². The van der Waals surface area contributed by atoms with Crippen LogP contribution in [0.3, 0.4) is 0 Å². The maximum absolute atomic E-state index is 4.64. The summed E-state index contributed by atoms with van der Waals surface area (Å²) < 4.78 is 0. The van der Waals surface area contributed by atoms with Crippen molar-refractivity contribution in [3.8, 4) is 33.4 Å². The van der Waals surface area contributed by atoms with E-state index in [-0.39, 0.29) is 0 Å².